The zero-order valence-corrected chi connectivity index (χ0v) is 19.9. The zero-order chi connectivity index (χ0) is 24.6. The van der Waals surface area contributed by atoms with Crippen LogP contribution >= 0.6 is 0 Å². The highest BCUT2D eigenvalue weighted by Crippen LogP contribution is 2.32. The highest BCUT2D eigenvalue weighted by atomic mass is 19.1. The van der Waals surface area contributed by atoms with E-state index in [0.29, 0.717) is 18.7 Å². The second-order valence-corrected chi connectivity index (χ2v) is 8.51. The molecule has 0 aliphatic heterocycles. The van der Waals surface area contributed by atoms with E-state index in [1.54, 1.807) is 18.4 Å². The Morgan fingerprint density at radius 1 is 1.03 bits per heavy atom. The van der Waals surface area contributed by atoms with Crippen molar-refractivity contribution in [2.75, 3.05) is 6.61 Å². The van der Waals surface area contributed by atoms with Crippen LogP contribution in [0.5, 0.6) is 5.75 Å². The van der Waals surface area contributed by atoms with Gasteiger partial charge >= 0.3 is 5.97 Å². The smallest absolute Gasteiger partial charge is 0.310 e. The topological polar surface area (TPSA) is 74.7 Å². The second-order valence-electron chi connectivity index (χ2n) is 8.51. The Morgan fingerprint density at radius 2 is 1.89 bits per heavy atom. The van der Waals surface area contributed by atoms with E-state index in [2.05, 4.69) is 6.92 Å². The molecule has 0 radical (unpaired) electrons. The lowest BCUT2D eigenvalue weighted by molar-refractivity contribution is -0.143. The van der Waals surface area contributed by atoms with Crippen molar-refractivity contribution in [3.05, 3.63) is 89.4 Å². The van der Waals surface area contributed by atoms with Crippen LogP contribution in [0, 0.1) is 5.82 Å². The predicted molar refractivity (Wildman–Crippen MR) is 134 cm³/mol. The molecule has 6 heteroatoms. The third-order valence-electron chi connectivity index (χ3n) is 5.86. The maximum atomic E-state index is 14.7. The van der Waals surface area contributed by atoms with Crippen LogP contribution in [0.2, 0.25) is 0 Å². The van der Waals surface area contributed by atoms with Crippen molar-refractivity contribution in [1.29, 1.82) is 0 Å². The third-order valence-corrected chi connectivity index (χ3v) is 5.86. The molecule has 1 aromatic heterocycles. The molecule has 0 saturated heterocycles. The number of carbonyl (C=O) groups excluding carboxylic acids is 1. The van der Waals surface area contributed by atoms with Crippen molar-refractivity contribution in [1.82, 2.24) is 0 Å². The lowest BCUT2D eigenvalue weighted by atomic mass is 9.99. The van der Waals surface area contributed by atoms with Gasteiger partial charge in [0.2, 0.25) is 0 Å². The molecule has 0 saturated carbocycles. The standard InChI is InChI=1S/C29H30FNO4/c1-2-3-4-12-33-27(32)17-23-9-6-10-26(30)29(23)35-19-21-15-24-11-13-34-28(24)25(16-21)22-8-5-7-20(14-22)18-31/h5-11,13-16H,2-4,12,17-19,31H2,1H3. The maximum Gasteiger partial charge on any atom is 0.310 e. The van der Waals surface area contributed by atoms with Crippen molar-refractivity contribution in [3.63, 3.8) is 0 Å². The summed E-state index contributed by atoms with van der Waals surface area (Å²) in [6.07, 6.45) is 4.47. The number of unbranched alkanes of at least 4 members (excludes halogenated alkanes) is 2. The molecule has 4 aromatic rings. The molecule has 5 nitrogen and oxygen atoms in total. The van der Waals surface area contributed by atoms with Crippen LogP contribution in [0.25, 0.3) is 22.1 Å². The lowest BCUT2D eigenvalue weighted by Crippen LogP contribution is -2.11. The Hall–Kier alpha value is -3.64. The summed E-state index contributed by atoms with van der Waals surface area (Å²) < 4.78 is 31.6. The van der Waals surface area contributed by atoms with Gasteiger partial charge in [0.25, 0.3) is 0 Å². The highest BCUT2D eigenvalue weighted by molar-refractivity contribution is 5.93. The van der Waals surface area contributed by atoms with Crippen LogP contribution in [0.1, 0.15) is 42.9 Å². The first-order valence-electron chi connectivity index (χ1n) is 11.9. The van der Waals surface area contributed by atoms with E-state index in [1.807, 2.05) is 42.5 Å². The second kappa shape index (κ2) is 11.7. The number of rotatable bonds is 11. The number of hydrogen-bond donors (Lipinski definition) is 1. The van der Waals surface area contributed by atoms with Gasteiger partial charge in [-0.3, -0.25) is 4.79 Å². The summed E-state index contributed by atoms with van der Waals surface area (Å²) >= 11 is 0. The van der Waals surface area contributed by atoms with Gasteiger partial charge in [0.15, 0.2) is 11.6 Å². The molecule has 0 aliphatic rings. The summed E-state index contributed by atoms with van der Waals surface area (Å²) in [5.74, 6) is -0.836. The largest absolute Gasteiger partial charge is 0.486 e. The Morgan fingerprint density at radius 3 is 2.71 bits per heavy atom. The minimum absolute atomic E-state index is 0.0445. The maximum absolute atomic E-state index is 14.7. The van der Waals surface area contributed by atoms with Gasteiger partial charge in [0, 0.05) is 23.1 Å². The van der Waals surface area contributed by atoms with E-state index in [0.717, 1.165) is 52.5 Å². The quantitative estimate of drug-likeness (QED) is 0.197. The van der Waals surface area contributed by atoms with Crippen LogP contribution in [0.3, 0.4) is 0 Å². The normalized spacial score (nSPS) is 11.1. The Bertz CT molecular complexity index is 1300. The molecule has 0 fully saturated rings. The average Bonchev–Trinajstić information content (AvgIpc) is 3.34. The van der Waals surface area contributed by atoms with E-state index in [-0.39, 0.29) is 18.8 Å². The first-order valence-corrected chi connectivity index (χ1v) is 11.9. The molecule has 0 aliphatic carbocycles. The number of para-hydroxylation sites is 1. The van der Waals surface area contributed by atoms with E-state index in [9.17, 15) is 9.18 Å². The summed E-state index contributed by atoms with van der Waals surface area (Å²) in [6, 6.07) is 18.4. The van der Waals surface area contributed by atoms with Gasteiger partial charge in [-0.05, 0) is 53.4 Å². The number of hydrogen-bond acceptors (Lipinski definition) is 5. The number of carbonyl (C=O) groups is 1. The van der Waals surface area contributed by atoms with E-state index in [4.69, 9.17) is 19.6 Å². The minimum Gasteiger partial charge on any atom is -0.486 e. The van der Waals surface area contributed by atoms with Crippen LogP contribution in [-0.2, 0) is 29.1 Å². The Labute approximate surface area is 204 Å². The Balaban J connectivity index is 1.54. The van der Waals surface area contributed by atoms with Crippen molar-refractivity contribution in [3.8, 4) is 16.9 Å². The van der Waals surface area contributed by atoms with Gasteiger partial charge in [-0.25, -0.2) is 4.39 Å². The molecule has 4 rings (SSSR count). The summed E-state index contributed by atoms with van der Waals surface area (Å²) in [7, 11) is 0. The van der Waals surface area contributed by atoms with Crippen LogP contribution in [0.4, 0.5) is 4.39 Å². The van der Waals surface area contributed by atoms with Crippen molar-refractivity contribution in [2.45, 2.75) is 45.8 Å². The first-order chi connectivity index (χ1) is 17.1. The summed E-state index contributed by atoms with van der Waals surface area (Å²) in [5.41, 5.74) is 10.8. The highest BCUT2D eigenvalue weighted by Gasteiger charge is 2.16. The van der Waals surface area contributed by atoms with Crippen molar-refractivity contribution >= 4 is 16.9 Å². The van der Waals surface area contributed by atoms with Gasteiger partial charge in [-0.2, -0.15) is 0 Å². The molecule has 0 bridgehead atoms. The summed E-state index contributed by atoms with van der Waals surface area (Å²) in [4.78, 5) is 12.3. The number of nitrogens with two attached hydrogens (primary N) is 1. The lowest BCUT2D eigenvalue weighted by Gasteiger charge is -2.14. The summed E-state index contributed by atoms with van der Waals surface area (Å²) in [6.45, 7) is 3.03. The number of benzene rings is 3. The molecule has 182 valence electrons. The van der Waals surface area contributed by atoms with Gasteiger partial charge < -0.3 is 19.6 Å². The molecule has 2 N–H and O–H groups in total. The Kier molecular flexibility index (Phi) is 8.16. The SMILES string of the molecule is CCCCCOC(=O)Cc1cccc(F)c1OCc1cc(-c2cccc(CN)c2)c2occc2c1. The third kappa shape index (κ3) is 6.08. The zero-order valence-electron chi connectivity index (χ0n) is 19.9. The molecule has 35 heavy (non-hydrogen) atoms. The number of halogens is 1. The molecular formula is C29H30FNO4. The average molecular weight is 476 g/mol. The number of esters is 1. The molecule has 0 atom stereocenters. The monoisotopic (exact) mass is 475 g/mol. The fraction of sp³-hybridized carbons (Fsp3) is 0.276. The van der Waals surface area contributed by atoms with Crippen LogP contribution < -0.4 is 10.5 Å². The fourth-order valence-corrected chi connectivity index (χ4v) is 4.06. The van der Waals surface area contributed by atoms with Crippen LogP contribution in [0.15, 0.2) is 71.3 Å². The molecule has 0 unspecified atom stereocenters. The molecule has 3 aromatic carbocycles. The van der Waals surface area contributed by atoms with Gasteiger partial charge in [0.05, 0.1) is 19.3 Å². The number of ether oxygens (including phenoxy) is 2. The van der Waals surface area contributed by atoms with Crippen LogP contribution in [-0.4, -0.2) is 12.6 Å². The number of furan rings is 1. The molecular weight excluding hydrogens is 445 g/mol. The molecule has 1 heterocycles. The van der Waals surface area contributed by atoms with E-state index in [1.165, 1.54) is 6.07 Å². The fourth-order valence-electron chi connectivity index (χ4n) is 4.06. The van der Waals surface area contributed by atoms with E-state index >= 15 is 0 Å². The number of fused-ring (bicyclic) bond motifs is 1. The first kappa shape index (κ1) is 24.5. The van der Waals surface area contributed by atoms with Gasteiger partial charge in [0.1, 0.15) is 12.2 Å². The predicted octanol–water partition coefficient (Wildman–Crippen LogP) is 6.55. The van der Waals surface area contributed by atoms with E-state index < -0.39 is 11.8 Å². The van der Waals surface area contributed by atoms with Crippen molar-refractivity contribution < 1.29 is 23.1 Å². The summed E-state index contributed by atoms with van der Waals surface area (Å²) in [5, 5.41) is 0.920. The van der Waals surface area contributed by atoms with Gasteiger partial charge in [-0.15, -0.1) is 0 Å². The molecule has 0 amide bonds. The minimum atomic E-state index is -0.512. The van der Waals surface area contributed by atoms with Crippen molar-refractivity contribution in [2.24, 2.45) is 5.73 Å². The molecule has 0 spiro atoms. The van der Waals surface area contributed by atoms with Gasteiger partial charge in [-0.1, -0.05) is 50.1 Å².